The number of carbonyl (C=O) groups is 1. The molecule has 0 aromatic heterocycles. The number of hydrogen-bond acceptors (Lipinski definition) is 1. The Kier molecular flexibility index (Phi) is 5.09. The first kappa shape index (κ1) is 7.96. The number of rotatable bonds is 3. The lowest BCUT2D eigenvalue weighted by atomic mass is 10.1. The zero-order chi connectivity index (χ0) is 6.41. The van der Waals surface area contributed by atoms with Gasteiger partial charge in [-0.05, 0) is 12.5 Å². The van der Waals surface area contributed by atoms with Crippen LogP contribution in [-0.4, -0.2) is 26.5 Å². The van der Waals surface area contributed by atoms with Crippen LogP contribution in [0.4, 0.5) is 0 Å². The molecular weight excluding hydrogens is 120 g/mol. The van der Waals surface area contributed by atoms with Crippen LogP contribution in [0.1, 0.15) is 0 Å². The summed E-state index contributed by atoms with van der Waals surface area (Å²) in [7, 11) is 7.50. The van der Waals surface area contributed by atoms with Crippen molar-refractivity contribution in [2.24, 2.45) is 0 Å². The number of amides is 1. The highest BCUT2D eigenvalue weighted by atomic mass is 31.0. The third-order valence-electron chi connectivity index (χ3n) is 0.652. The third kappa shape index (κ3) is 4.13. The van der Waals surface area contributed by atoms with Crippen LogP contribution in [0.3, 0.4) is 0 Å². The van der Waals surface area contributed by atoms with E-state index in [4.69, 9.17) is 7.85 Å². The van der Waals surface area contributed by atoms with E-state index in [2.05, 4.69) is 14.6 Å². The molecule has 1 unspecified atom stereocenters. The van der Waals surface area contributed by atoms with Gasteiger partial charge in [-0.3, -0.25) is 4.79 Å². The first-order valence-corrected chi connectivity index (χ1v) is 3.29. The molecule has 0 saturated carbocycles. The van der Waals surface area contributed by atoms with E-state index >= 15 is 0 Å². The predicted molar refractivity (Wildman–Crippen MR) is 38.1 cm³/mol. The van der Waals surface area contributed by atoms with Crippen LogP contribution in [-0.2, 0) is 4.79 Å². The molecule has 4 heteroatoms. The van der Waals surface area contributed by atoms with E-state index in [-0.39, 0.29) is 12.2 Å². The molecule has 1 atom stereocenters. The Bertz CT molecular complexity index is 78.4. The van der Waals surface area contributed by atoms with Crippen LogP contribution in [0, 0.1) is 0 Å². The molecule has 0 spiro atoms. The maximum Gasteiger partial charge on any atom is 0.211 e. The maximum atomic E-state index is 10.3. The lowest BCUT2D eigenvalue weighted by Crippen LogP contribution is -2.24. The monoisotopic (exact) mass is 129 g/mol. The van der Waals surface area contributed by atoms with Gasteiger partial charge in [-0.1, -0.05) is 0 Å². The fourth-order valence-electron chi connectivity index (χ4n) is 0.284. The lowest BCUT2D eigenvalue weighted by molar-refractivity contribution is -0.118. The molecule has 0 rings (SSSR count). The van der Waals surface area contributed by atoms with Gasteiger partial charge in [0.15, 0.2) is 0 Å². The summed E-state index contributed by atoms with van der Waals surface area (Å²) in [4.78, 5) is 10.3. The Morgan fingerprint density at radius 3 is 2.75 bits per heavy atom. The van der Waals surface area contributed by atoms with Gasteiger partial charge in [0.2, 0.25) is 5.91 Å². The van der Waals surface area contributed by atoms with Crippen molar-refractivity contribution in [2.45, 2.75) is 6.32 Å². The first-order valence-electron chi connectivity index (χ1n) is 2.48. The lowest BCUT2D eigenvalue weighted by Gasteiger charge is -1.97. The van der Waals surface area contributed by atoms with Gasteiger partial charge < -0.3 is 5.32 Å². The highest BCUT2D eigenvalue weighted by Gasteiger charge is 1.90. The van der Waals surface area contributed by atoms with Gasteiger partial charge in [-0.25, -0.2) is 0 Å². The molecule has 0 aliphatic heterocycles. The SMILES string of the molecule is [B]CC(=O)NCCP. The second kappa shape index (κ2) is 5.11. The van der Waals surface area contributed by atoms with E-state index in [0.717, 1.165) is 6.16 Å². The zero-order valence-electron chi connectivity index (χ0n) is 4.68. The average molecular weight is 129 g/mol. The zero-order valence-corrected chi connectivity index (χ0v) is 5.84. The fraction of sp³-hybridized carbons (Fsp3) is 0.750. The molecule has 1 amide bonds. The van der Waals surface area contributed by atoms with E-state index in [1.165, 1.54) is 0 Å². The molecule has 1 N–H and O–H groups in total. The van der Waals surface area contributed by atoms with Crippen molar-refractivity contribution >= 4 is 23.0 Å². The highest BCUT2D eigenvalue weighted by molar-refractivity contribution is 7.16. The standard InChI is InChI=1S/C4H9BNOP/c5-3-4(7)6-1-2-8/h1-3,8H2,(H,6,7). The summed E-state index contributed by atoms with van der Waals surface area (Å²) in [5.74, 6) is -0.0903. The average Bonchev–Trinajstić information content (AvgIpc) is 1.83. The van der Waals surface area contributed by atoms with Gasteiger partial charge in [0.1, 0.15) is 0 Å². The highest BCUT2D eigenvalue weighted by Crippen LogP contribution is 1.76. The minimum atomic E-state index is -0.0903. The quantitative estimate of drug-likeness (QED) is 0.406. The molecule has 44 valence electrons. The van der Waals surface area contributed by atoms with Gasteiger partial charge in [0, 0.05) is 6.54 Å². The van der Waals surface area contributed by atoms with Gasteiger partial charge >= 0.3 is 0 Å². The van der Waals surface area contributed by atoms with Gasteiger partial charge in [0.25, 0.3) is 0 Å². The smallest absolute Gasteiger partial charge is 0.211 e. The summed E-state index contributed by atoms with van der Waals surface area (Å²) in [6, 6.07) is 0. The molecule has 0 aliphatic rings. The van der Waals surface area contributed by atoms with Crippen LogP contribution < -0.4 is 5.32 Å². The minimum absolute atomic E-state index is 0.0880. The summed E-state index contributed by atoms with van der Waals surface area (Å²) < 4.78 is 0. The van der Waals surface area contributed by atoms with Crippen molar-refractivity contribution in [3.8, 4) is 0 Å². The molecule has 2 nitrogen and oxygen atoms in total. The van der Waals surface area contributed by atoms with E-state index < -0.39 is 0 Å². The summed E-state index contributed by atoms with van der Waals surface area (Å²) >= 11 is 0. The largest absolute Gasteiger partial charge is 0.356 e. The normalized spacial score (nSPS) is 8.62. The van der Waals surface area contributed by atoms with Crippen molar-refractivity contribution < 1.29 is 4.79 Å². The first-order chi connectivity index (χ1) is 3.81. The molecule has 8 heavy (non-hydrogen) atoms. The molecule has 0 bridgehead atoms. The molecule has 0 aromatic rings. The van der Waals surface area contributed by atoms with Crippen molar-refractivity contribution in [1.82, 2.24) is 5.32 Å². The predicted octanol–water partition coefficient (Wildman–Crippen LogP) is -0.436. The van der Waals surface area contributed by atoms with Crippen LogP contribution in [0.2, 0.25) is 6.32 Å². The van der Waals surface area contributed by atoms with Crippen molar-refractivity contribution in [2.75, 3.05) is 12.7 Å². The van der Waals surface area contributed by atoms with Crippen molar-refractivity contribution in [3.63, 3.8) is 0 Å². The molecule has 0 fully saturated rings. The van der Waals surface area contributed by atoms with Crippen LogP contribution in [0.5, 0.6) is 0 Å². The number of hydrogen-bond donors (Lipinski definition) is 1. The third-order valence-corrected chi connectivity index (χ3v) is 0.941. The van der Waals surface area contributed by atoms with Gasteiger partial charge in [-0.15, -0.1) is 9.24 Å². The van der Waals surface area contributed by atoms with Gasteiger partial charge in [0.05, 0.1) is 7.85 Å². The van der Waals surface area contributed by atoms with Crippen molar-refractivity contribution in [3.05, 3.63) is 0 Å². The number of nitrogens with one attached hydrogen (secondary N) is 1. The Morgan fingerprint density at radius 2 is 2.38 bits per heavy atom. The molecule has 0 heterocycles. The molecule has 2 radical (unpaired) electrons. The maximum absolute atomic E-state index is 10.3. The second-order valence-electron chi connectivity index (χ2n) is 1.34. The topological polar surface area (TPSA) is 29.1 Å². The summed E-state index contributed by atoms with van der Waals surface area (Å²) in [6.45, 7) is 0.695. The van der Waals surface area contributed by atoms with E-state index in [1.807, 2.05) is 0 Å². The van der Waals surface area contributed by atoms with Crippen LogP contribution in [0.15, 0.2) is 0 Å². The Hall–Kier alpha value is -0.0351. The Labute approximate surface area is 53.0 Å². The van der Waals surface area contributed by atoms with Gasteiger partial charge in [-0.2, -0.15) is 0 Å². The minimum Gasteiger partial charge on any atom is -0.356 e. The van der Waals surface area contributed by atoms with E-state index in [0.29, 0.717) is 6.54 Å². The molecule has 0 aliphatic carbocycles. The van der Waals surface area contributed by atoms with Crippen molar-refractivity contribution in [1.29, 1.82) is 0 Å². The molecular formula is C4H9BNOP. The molecule has 0 saturated heterocycles. The van der Waals surface area contributed by atoms with E-state index in [9.17, 15) is 4.79 Å². The Balaban J connectivity index is 2.99. The second-order valence-corrected chi connectivity index (χ2v) is 1.92. The summed E-state index contributed by atoms with van der Waals surface area (Å²) in [6.07, 6.45) is 0.969. The van der Waals surface area contributed by atoms with Crippen LogP contribution >= 0.6 is 9.24 Å². The van der Waals surface area contributed by atoms with Crippen LogP contribution in [0.25, 0.3) is 0 Å². The molecule has 0 aromatic carbocycles. The van der Waals surface area contributed by atoms with E-state index in [1.54, 1.807) is 0 Å². The number of carbonyl (C=O) groups excluding carboxylic acids is 1. The summed E-state index contributed by atoms with van der Waals surface area (Å²) in [5, 5.41) is 2.60. The summed E-state index contributed by atoms with van der Waals surface area (Å²) in [5.41, 5.74) is 0. The Morgan fingerprint density at radius 1 is 1.75 bits per heavy atom. The fourth-order valence-corrected chi connectivity index (χ4v) is 0.428.